The number of halogens is 1. The third kappa shape index (κ3) is 3.72. The maximum Gasteiger partial charge on any atom is 0.203 e. The van der Waals surface area contributed by atoms with Gasteiger partial charge in [0.2, 0.25) is 5.13 Å². The SMILES string of the molecule is Cc1nc(NN=Cc2ccc(O)cc2)sc1C.Cl. The van der Waals surface area contributed by atoms with Gasteiger partial charge >= 0.3 is 0 Å². The summed E-state index contributed by atoms with van der Waals surface area (Å²) in [6.07, 6.45) is 1.69. The summed E-state index contributed by atoms with van der Waals surface area (Å²) in [5.41, 5.74) is 4.83. The lowest BCUT2D eigenvalue weighted by molar-refractivity contribution is 0.475. The van der Waals surface area contributed by atoms with E-state index in [0.717, 1.165) is 16.4 Å². The van der Waals surface area contributed by atoms with Crippen LogP contribution in [0.4, 0.5) is 5.13 Å². The molecule has 0 fully saturated rings. The van der Waals surface area contributed by atoms with Crippen LogP contribution >= 0.6 is 23.7 Å². The van der Waals surface area contributed by atoms with Gasteiger partial charge in [0, 0.05) is 4.88 Å². The second-order valence-electron chi connectivity index (χ2n) is 3.62. The molecular formula is C12H14ClN3OS. The first-order valence-corrected chi connectivity index (χ1v) is 5.99. The fourth-order valence-corrected chi connectivity index (χ4v) is 2.01. The monoisotopic (exact) mass is 283 g/mol. The van der Waals surface area contributed by atoms with E-state index in [4.69, 9.17) is 5.11 Å². The van der Waals surface area contributed by atoms with Crippen LogP contribution in [0.15, 0.2) is 29.4 Å². The van der Waals surface area contributed by atoms with E-state index in [1.54, 1.807) is 41.8 Å². The Morgan fingerprint density at radius 2 is 1.94 bits per heavy atom. The van der Waals surface area contributed by atoms with Crippen LogP contribution in [-0.2, 0) is 0 Å². The van der Waals surface area contributed by atoms with E-state index in [2.05, 4.69) is 15.5 Å². The van der Waals surface area contributed by atoms with Gasteiger partial charge in [0.25, 0.3) is 0 Å². The van der Waals surface area contributed by atoms with E-state index >= 15 is 0 Å². The zero-order valence-electron chi connectivity index (χ0n) is 10.0. The number of hydrogen-bond acceptors (Lipinski definition) is 5. The molecule has 0 aliphatic heterocycles. The minimum Gasteiger partial charge on any atom is -0.508 e. The molecule has 0 aliphatic rings. The van der Waals surface area contributed by atoms with Crippen LogP contribution in [-0.4, -0.2) is 16.3 Å². The summed E-state index contributed by atoms with van der Waals surface area (Å²) in [4.78, 5) is 5.50. The maximum atomic E-state index is 9.12. The minimum atomic E-state index is 0. The number of anilines is 1. The summed E-state index contributed by atoms with van der Waals surface area (Å²) in [5.74, 6) is 0.251. The largest absolute Gasteiger partial charge is 0.508 e. The Labute approximate surface area is 116 Å². The second-order valence-corrected chi connectivity index (χ2v) is 4.83. The zero-order chi connectivity index (χ0) is 12.3. The van der Waals surface area contributed by atoms with Crippen molar-refractivity contribution in [3.05, 3.63) is 40.4 Å². The standard InChI is InChI=1S/C12H13N3OS.ClH/c1-8-9(2)17-12(14-8)15-13-7-10-3-5-11(16)6-4-10;/h3-7,16H,1-2H3,(H,14,15);1H. The van der Waals surface area contributed by atoms with Gasteiger partial charge in [-0.25, -0.2) is 4.98 Å². The smallest absolute Gasteiger partial charge is 0.203 e. The average molecular weight is 284 g/mol. The van der Waals surface area contributed by atoms with Gasteiger partial charge in [0.1, 0.15) is 5.75 Å². The van der Waals surface area contributed by atoms with Crippen LogP contribution in [0.2, 0.25) is 0 Å². The van der Waals surface area contributed by atoms with Gasteiger partial charge in [-0.15, -0.1) is 23.7 Å². The third-order valence-electron chi connectivity index (χ3n) is 2.30. The van der Waals surface area contributed by atoms with Gasteiger partial charge in [-0.2, -0.15) is 5.10 Å². The number of phenols is 1. The summed E-state index contributed by atoms with van der Waals surface area (Å²) in [6, 6.07) is 6.83. The van der Waals surface area contributed by atoms with Gasteiger partial charge in [-0.05, 0) is 43.7 Å². The summed E-state index contributed by atoms with van der Waals surface area (Å²) in [7, 11) is 0. The first-order chi connectivity index (χ1) is 8.15. The summed E-state index contributed by atoms with van der Waals surface area (Å²) in [6.45, 7) is 4.00. The molecule has 0 saturated carbocycles. The predicted molar refractivity (Wildman–Crippen MR) is 78.2 cm³/mol. The Kier molecular flexibility index (Phi) is 5.12. The van der Waals surface area contributed by atoms with Crippen molar-refractivity contribution >= 4 is 35.1 Å². The summed E-state index contributed by atoms with van der Waals surface area (Å²) >= 11 is 1.58. The normalized spacial score (nSPS) is 10.3. The molecule has 1 heterocycles. The van der Waals surface area contributed by atoms with E-state index < -0.39 is 0 Å². The van der Waals surface area contributed by atoms with Crippen molar-refractivity contribution in [2.45, 2.75) is 13.8 Å². The van der Waals surface area contributed by atoms with Crippen molar-refractivity contribution in [3.63, 3.8) is 0 Å². The number of rotatable bonds is 3. The van der Waals surface area contributed by atoms with Gasteiger partial charge in [0.15, 0.2) is 0 Å². The third-order valence-corrected chi connectivity index (χ3v) is 3.27. The highest BCUT2D eigenvalue weighted by molar-refractivity contribution is 7.15. The van der Waals surface area contributed by atoms with Crippen LogP contribution in [0, 0.1) is 13.8 Å². The first-order valence-electron chi connectivity index (χ1n) is 5.17. The fraction of sp³-hybridized carbons (Fsp3) is 0.167. The lowest BCUT2D eigenvalue weighted by Gasteiger charge is -1.94. The molecule has 18 heavy (non-hydrogen) atoms. The number of hydrogen-bond donors (Lipinski definition) is 2. The van der Waals surface area contributed by atoms with E-state index in [1.165, 1.54) is 4.88 Å². The van der Waals surface area contributed by atoms with E-state index in [-0.39, 0.29) is 18.2 Å². The van der Waals surface area contributed by atoms with Crippen LogP contribution in [0.3, 0.4) is 0 Å². The average Bonchev–Trinajstić information content (AvgIpc) is 2.61. The molecule has 6 heteroatoms. The van der Waals surface area contributed by atoms with Crippen molar-refractivity contribution in [1.29, 1.82) is 0 Å². The van der Waals surface area contributed by atoms with Crippen molar-refractivity contribution in [2.24, 2.45) is 5.10 Å². The quantitative estimate of drug-likeness (QED) is 0.671. The van der Waals surface area contributed by atoms with E-state index in [9.17, 15) is 0 Å². The Bertz CT molecular complexity index is 517. The molecule has 0 radical (unpaired) electrons. The van der Waals surface area contributed by atoms with Gasteiger partial charge in [0.05, 0.1) is 11.9 Å². The number of aromatic hydroxyl groups is 1. The highest BCUT2D eigenvalue weighted by Gasteiger charge is 2.00. The molecule has 0 spiro atoms. The molecule has 4 nitrogen and oxygen atoms in total. The fourth-order valence-electron chi connectivity index (χ4n) is 1.24. The lowest BCUT2D eigenvalue weighted by atomic mass is 10.2. The number of phenolic OH excluding ortho intramolecular Hbond substituents is 1. The van der Waals surface area contributed by atoms with Crippen LogP contribution < -0.4 is 5.43 Å². The second kappa shape index (κ2) is 6.37. The number of aromatic nitrogens is 1. The number of benzene rings is 1. The first kappa shape index (κ1) is 14.5. The number of nitrogens with zero attached hydrogens (tertiary/aromatic N) is 2. The van der Waals surface area contributed by atoms with Gasteiger partial charge in [-0.1, -0.05) is 0 Å². The molecule has 0 saturated heterocycles. The molecule has 2 N–H and O–H groups in total. The van der Waals surface area contributed by atoms with Crippen molar-refractivity contribution in [1.82, 2.24) is 4.98 Å². The number of aryl methyl sites for hydroxylation is 2. The molecule has 0 bridgehead atoms. The molecule has 0 atom stereocenters. The van der Waals surface area contributed by atoms with E-state index in [0.29, 0.717) is 0 Å². The molecule has 1 aromatic carbocycles. The predicted octanol–water partition coefficient (Wildman–Crippen LogP) is 3.33. The summed E-state index contributed by atoms with van der Waals surface area (Å²) in [5, 5.41) is 14.0. The van der Waals surface area contributed by atoms with Crippen LogP contribution in [0.5, 0.6) is 5.75 Å². The van der Waals surface area contributed by atoms with Crippen molar-refractivity contribution in [2.75, 3.05) is 5.43 Å². The number of hydrazone groups is 1. The van der Waals surface area contributed by atoms with Crippen LogP contribution in [0.1, 0.15) is 16.1 Å². The van der Waals surface area contributed by atoms with Crippen molar-refractivity contribution in [3.8, 4) is 5.75 Å². The minimum absolute atomic E-state index is 0. The van der Waals surface area contributed by atoms with Gasteiger partial charge in [-0.3, -0.25) is 5.43 Å². The Hall–Kier alpha value is -1.59. The van der Waals surface area contributed by atoms with Gasteiger partial charge < -0.3 is 5.11 Å². The molecule has 0 amide bonds. The Morgan fingerprint density at radius 3 is 2.50 bits per heavy atom. The highest BCUT2D eigenvalue weighted by Crippen LogP contribution is 2.20. The molecule has 96 valence electrons. The summed E-state index contributed by atoms with van der Waals surface area (Å²) < 4.78 is 0. The Balaban J connectivity index is 0.00000162. The Morgan fingerprint density at radius 1 is 1.28 bits per heavy atom. The van der Waals surface area contributed by atoms with E-state index in [1.807, 2.05) is 13.8 Å². The highest BCUT2D eigenvalue weighted by atomic mass is 35.5. The maximum absolute atomic E-state index is 9.12. The molecule has 2 aromatic rings. The van der Waals surface area contributed by atoms with Crippen LogP contribution in [0.25, 0.3) is 0 Å². The lowest BCUT2D eigenvalue weighted by Crippen LogP contribution is -1.89. The molecular weight excluding hydrogens is 270 g/mol. The molecule has 0 unspecified atom stereocenters. The molecule has 0 aliphatic carbocycles. The molecule has 2 rings (SSSR count). The zero-order valence-corrected chi connectivity index (χ0v) is 11.7. The van der Waals surface area contributed by atoms with Crippen molar-refractivity contribution < 1.29 is 5.11 Å². The topological polar surface area (TPSA) is 57.5 Å². The number of thiazole rings is 1. The molecule has 1 aromatic heterocycles. The number of nitrogens with one attached hydrogen (secondary N) is 1.